The van der Waals surface area contributed by atoms with E-state index in [2.05, 4.69) is 9.72 Å². The average molecular weight is 219 g/mol. The summed E-state index contributed by atoms with van der Waals surface area (Å²) in [5.41, 5.74) is -1.31. The Morgan fingerprint density at radius 3 is 2.47 bits per heavy atom. The molecule has 15 heavy (non-hydrogen) atoms. The Labute approximate surface area is 83.9 Å². The fourth-order valence-corrected chi connectivity index (χ4v) is 1.13. The molecule has 6 heteroatoms. The summed E-state index contributed by atoms with van der Waals surface area (Å²) < 4.78 is 41.9. The highest BCUT2D eigenvalue weighted by molar-refractivity contribution is 5.95. The molecular formula is C9H8F3NO2. The zero-order chi connectivity index (χ0) is 11.6. The number of methoxy groups -OCH3 is 1. The predicted octanol–water partition coefficient (Wildman–Crippen LogP) is 2.31. The first-order valence-corrected chi connectivity index (χ1v) is 3.99. The second kappa shape index (κ2) is 3.88. The zero-order valence-electron chi connectivity index (χ0n) is 8.05. The molecule has 0 amide bonds. The summed E-state index contributed by atoms with van der Waals surface area (Å²) in [6.45, 7) is 1.13. The molecule has 0 radical (unpaired) electrons. The van der Waals surface area contributed by atoms with Crippen LogP contribution in [0.15, 0.2) is 12.3 Å². The molecule has 0 aromatic carbocycles. The summed E-state index contributed by atoms with van der Waals surface area (Å²) >= 11 is 0. The Kier molecular flexibility index (Phi) is 2.97. The van der Waals surface area contributed by atoms with Crippen LogP contribution in [0.2, 0.25) is 0 Å². The highest BCUT2D eigenvalue weighted by Crippen LogP contribution is 2.37. The number of ether oxygens (including phenoxy) is 1. The van der Waals surface area contributed by atoms with Crippen molar-refractivity contribution in [2.24, 2.45) is 0 Å². The third-order valence-electron chi connectivity index (χ3n) is 1.75. The number of carbonyl (C=O) groups is 1. The predicted molar refractivity (Wildman–Crippen MR) is 45.8 cm³/mol. The first kappa shape index (κ1) is 11.5. The second-order valence-electron chi connectivity index (χ2n) is 2.79. The first-order chi connectivity index (χ1) is 6.88. The highest BCUT2D eigenvalue weighted by Gasteiger charge is 2.36. The van der Waals surface area contributed by atoms with Gasteiger partial charge in [0.1, 0.15) is 11.3 Å². The van der Waals surface area contributed by atoms with E-state index in [1.807, 2.05) is 0 Å². The molecule has 1 aromatic heterocycles. The molecule has 0 aliphatic heterocycles. The SMILES string of the molecule is COc1c(C(F)(F)F)ccnc1C(C)=O. The third-order valence-corrected chi connectivity index (χ3v) is 1.75. The van der Waals surface area contributed by atoms with Crippen LogP contribution in [-0.2, 0) is 6.18 Å². The van der Waals surface area contributed by atoms with Gasteiger partial charge >= 0.3 is 6.18 Å². The maximum absolute atomic E-state index is 12.5. The lowest BCUT2D eigenvalue weighted by Gasteiger charge is -2.13. The van der Waals surface area contributed by atoms with Crippen molar-refractivity contribution < 1.29 is 22.7 Å². The normalized spacial score (nSPS) is 11.3. The molecule has 82 valence electrons. The average Bonchev–Trinajstić information content (AvgIpc) is 2.15. The van der Waals surface area contributed by atoms with Crippen molar-refractivity contribution in [2.45, 2.75) is 13.1 Å². The van der Waals surface area contributed by atoms with Crippen molar-refractivity contribution in [2.75, 3.05) is 7.11 Å². The van der Waals surface area contributed by atoms with E-state index in [0.29, 0.717) is 0 Å². The maximum Gasteiger partial charge on any atom is 0.420 e. The molecule has 0 N–H and O–H groups in total. The monoisotopic (exact) mass is 219 g/mol. The molecule has 3 nitrogen and oxygen atoms in total. The lowest BCUT2D eigenvalue weighted by Crippen LogP contribution is -2.11. The molecule has 0 saturated carbocycles. The minimum Gasteiger partial charge on any atom is -0.494 e. The lowest BCUT2D eigenvalue weighted by molar-refractivity contribution is -0.138. The molecule has 0 saturated heterocycles. The second-order valence-corrected chi connectivity index (χ2v) is 2.79. The number of pyridine rings is 1. The van der Waals surface area contributed by atoms with Crippen LogP contribution in [0.25, 0.3) is 0 Å². The van der Waals surface area contributed by atoms with Crippen molar-refractivity contribution in [3.63, 3.8) is 0 Å². The minimum atomic E-state index is -4.56. The summed E-state index contributed by atoms with van der Waals surface area (Å²) in [6, 6.07) is 0.769. The largest absolute Gasteiger partial charge is 0.494 e. The van der Waals surface area contributed by atoms with E-state index in [1.165, 1.54) is 0 Å². The van der Waals surface area contributed by atoms with Crippen LogP contribution in [0.3, 0.4) is 0 Å². The molecule has 0 fully saturated rings. The van der Waals surface area contributed by atoms with Crippen LogP contribution in [0.5, 0.6) is 5.75 Å². The summed E-state index contributed by atoms with van der Waals surface area (Å²) in [7, 11) is 1.07. The maximum atomic E-state index is 12.5. The number of hydrogen-bond acceptors (Lipinski definition) is 3. The van der Waals surface area contributed by atoms with Crippen molar-refractivity contribution in [3.05, 3.63) is 23.5 Å². The van der Waals surface area contributed by atoms with Gasteiger partial charge in [-0.05, 0) is 6.07 Å². The smallest absolute Gasteiger partial charge is 0.420 e. The molecule has 1 aromatic rings. The van der Waals surface area contributed by atoms with Crippen molar-refractivity contribution in [1.29, 1.82) is 0 Å². The van der Waals surface area contributed by atoms with Gasteiger partial charge in [-0.2, -0.15) is 13.2 Å². The number of hydrogen-bond donors (Lipinski definition) is 0. The Hall–Kier alpha value is -1.59. The molecule has 1 rings (SSSR count). The van der Waals surface area contributed by atoms with Gasteiger partial charge in [-0.3, -0.25) is 4.79 Å². The van der Waals surface area contributed by atoms with Gasteiger partial charge in [-0.15, -0.1) is 0 Å². The van der Waals surface area contributed by atoms with E-state index in [0.717, 1.165) is 26.3 Å². The Morgan fingerprint density at radius 1 is 1.47 bits per heavy atom. The van der Waals surface area contributed by atoms with Crippen LogP contribution in [0.1, 0.15) is 23.0 Å². The van der Waals surface area contributed by atoms with Gasteiger partial charge in [0.15, 0.2) is 11.5 Å². The van der Waals surface area contributed by atoms with Crippen molar-refractivity contribution in [3.8, 4) is 5.75 Å². The molecule has 0 spiro atoms. The van der Waals surface area contributed by atoms with Gasteiger partial charge in [-0.1, -0.05) is 0 Å². The number of carbonyl (C=O) groups excluding carboxylic acids is 1. The van der Waals surface area contributed by atoms with E-state index >= 15 is 0 Å². The molecule has 0 unspecified atom stereocenters. The highest BCUT2D eigenvalue weighted by atomic mass is 19.4. The van der Waals surface area contributed by atoms with Gasteiger partial charge in [0.05, 0.1) is 7.11 Å². The van der Waals surface area contributed by atoms with Crippen LogP contribution < -0.4 is 4.74 Å². The van der Waals surface area contributed by atoms with Gasteiger partial charge in [0.2, 0.25) is 0 Å². The van der Waals surface area contributed by atoms with E-state index in [-0.39, 0.29) is 5.69 Å². The number of Topliss-reactive ketones (excluding diaryl/α,β-unsaturated/α-hetero) is 1. The number of ketones is 1. The molecular weight excluding hydrogens is 211 g/mol. The molecule has 1 heterocycles. The lowest BCUT2D eigenvalue weighted by atomic mass is 10.1. The number of halogens is 3. The van der Waals surface area contributed by atoms with Crippen LogP contribution in [0, 0.1) is 0 Å². The number of rotatable bonds is 2. The van der Waals surface area contributed by atoms with Gasteiger partial charge in [0, 0.05) is 13.1 Å². The zero-order valence-corrected chi connectivity index (χ0v) is 8.05. The summed E-state index contributed by atoms with van der Waals surface area (Å²) in [5, 5.41) is 0. The fourth-order valence-electron chi connectivity index (χ4n) is 1.13. The molecule has 0 atom stereocenters. The number of alkyl halides is 3. The van der Waals surface area contributed by atoms with Crippen molar-refractivity contribution in [1.82, 2.24) is 4.98 Å². The van der Waals surface area contributed by atoms with Crippen LogP contribution in [-0.4, -0.2) is 17.9 Å². The van der Waals surface area contributed by atoms with Crippen LogP contribution in [0.4, 0.5) is 13.2 Å². The molecule has 0 aliphatic carbocycles. The van der Waals surface area contributed by atoms with E-state index < -0.39 is 23.3 Å². The summed E-state index contributed by atoms with van der Waals surface area (Å²) in [5.74, 6) is -1.10. The number of aromatic nitrogens is 1. The van der Waals surface area contributed by atoms with Gasteiger partial charge < -0.3 is 4.74 Å². The summed E-state index contributed by atoms with van der Waals surface area (Å²) in [4.78, 5) is 14.5. The fraction of sp³-hybridized carbons (Fsp3) is 0.333. The van der Waals surface area contributed by atoms with E-state index in [1.54, 1.807) is 0 Å². The number of nitrogens with zero attached hydrogens (tertiary/aromatic N) is 1. The Morgan fingerprint density at radius 2 is 2.07 bits per heavy atom. The molecule has 0 bridgehead atoms. The Bertz CT molecular complexity index is 387. The van der Waals surface area contributed by atoms with E-state index in [9.17, 15) is 18.0 Å². The molecule has 0 aliphatic rings. The third kappa shape index (κ3) is 2.26. The topological polar surface area (TPSA) is 39.2 Å². The minimum absolute atomic E-state index is 0.313. The Balaban J connectivity index is 3.42. The van der Waals surface area contributed by atoms with Gasteiger partial charge in [-0.25, -0.2) is 4.98 Å². The van der Waals surface area contributed by atoms with E-state index in [4.69, 9.17) is 0 Å². The van der Waals surface area contributed by atoms with Crippen molar-refractivity contribution >= 4 is 5.78 Å². The quantitative estimate of drug-likeness (QED) is 0.716. The van der Waals surface area contributed by atoms with Crippen LogP contribution >= 0.6 is 0 Å². The standard InChI is InChI=1S/C9H8F3NO2/c1-5(14)7-8(15-2)6(3-4-13-7)9(10,11)12/h3-4H,1-2H3. The first-order valence-electron chi connectivity index (χ1n) is 3.99. The summed E-state index contributed by atoms with van der Waals surface area (Å²) in [6.07, 6.45) is -3.62. The van der Waals surface area contributed by atoms with Gasteiger partial charge in [0.25, 0.3) is 0 Å².